The molecule has 1 aliphatic carbocycles. The van der Waals surface area contributed by atoms with Crippen LogP contribution in [0.25, 0.3) is 0 Å². The number of carbonyl (C=O) groups is 1. The SMILES string of the molecule is CC1(C)CC(=O)C2=C(C1)NC(N/N=C/c1ccc(Cl)cc1)=NC2c1ccc(Cl)cc1. The molecule has 0 radical (unpaired) electrons. The molecule has 0 saturated heterocycles. The lowest BCUT2D eigenvalue weighted by atomic mass is 9.73. The molecule has 0 bridgehead atoms. The first-order valence-electron chi connectivity index (χ1n) is 9.72. The van der Waals surface area contributed by atoms with Gasteiger partial charge in [0.25, 0.3) is 0 Å². The van der Waals surface area contributed by atoms with Crippen LogP contribution in [0.4, 0.5) is 0 Å². The summed E-state index contributed by atoms with van der Waals surface area (Å²) < 4.78 is 0. The zero-order valence-electron chi connectivity index (χ0n) is 16.7. The van der Waals surface area contributed by atoms with E-state index in [1.807, 2.05) is 48.5 Å². The molecule has 1 aliphatic heterocycles. The highest BCUT2D eigenvalue weighted by molar-refractivity contribution is 6.30. The number of guanidine groups is 1. The Morgan fingerprint density at radius 3 is 2.37 bits per heavy atom. The van der Waals surface area contributed by atoms with Crippen molar-refractivity contribution in [3.05, 3.63) is 81.0 Å². The quantitative estimate of drug-likeness (QED) is 0.505. The highest BCUT2D eigenvalue weighted by atomic mass is 35.5. The number of hydrogen-bond acceptors (Lipinski definition) is 5. The minimum absolute atomic E-state index is 0.109. The molecule has 2 aromatic rings. The Hall–Kier alpha value is -2.63. The number of rotatable bonds is 3. The molecule has 2 aromatic carbocycles. The van der Waals surface area contributed by atoms with Crippen molar-refractivity contribution in [2.24, 2.45) is 15.5 Å². The van der Waals surface area contributed by atoms with Gasteiger partial charge in [-0.05, 0) is 47.2 Å². The van der Waals surface area contributed by atoms with Crippen molar-refractivity contribution in [2.75, 3.05) is 0 Å². The number of carbonyl (C=O) groups excluding carboxylic acids is 1. The molecule has 0 amide bonds. The summed E-state index contributed by atoms with van der Waals surface area (Å²) in [5.41, 5.74) is 6.32. The molecule has 5 nitrogen and oxygen atoms in total. The lowest BCUT2D eigenvalue weighted by Gasteiger charge is -2.37. The fourth-order valence-corrected chi connectivity index (χ4v) is 4.04. The topological polar surface area (TPSA) is 65.8 Å². The second-order valence-electron chi connectivity index (χ2n) is 8.31. The molecule has 0 aromatic heterocycles. The highest BCUT2D eigenvalue weighted by Crippen LogP contribution is 2.42. The van der Waals surface area contributed by atoms with E-state index < -0.39 is 6.04 Å². The second kappa shape index (κ2) is 8.25. The Morgan fingerprint density at radius 2 is 1.70 bits per heavy atom. The number of aliphatic imine (C=N–C) groups is 1. The van der Waals surface area contributed by atoms with Crippen LogP contribution in [0.5, 0.6) is 0 Å². The number of Topliss-reactive ketones (excluding diaryl/α,β-unsaturated/α-hetero) is 1. The Balaban J connectivity index is 1.63. The van der Waals surface area contributed by atoms with Gasteiger partial charge in [-0.1, -0.05) is 61.3 Å². The molecular formula is C23H22Cl2N4O. The van der Waals surface area contributed by atoms with Crippen LogP contribution in [0, 0.1) is 5.41 Å². The summed E-state index contributed by atoms with van der Waals surface area (Å²) in [6, 6.07) is 14.4. The molecule has 154 valence electrons. The molecule has 7 heteroatoms. The molecule has 1 unspecified atom stereocenters. The van der Waals surface area contributed by atoms with Crippen LogP contribution < -0.4 is 10.7 Å². The van der Waals surface area contributed by atoms with E-state index in [1.165, 1.54) is 0 Å². The summed E-state index contributed by atoms with van der Waals surface area (Å²) in [6.07, 6.45) is 2.96. The molecule has 4 rings (SSSR count). The zero-order chi connectivity index (χ0) is 21.3. The van der Waals surface area contributed by atoms with Crippen molar-refractivity contribution in [1.29, 1.82) is 0 Å². The van der Waals surface area contributed by atoms with E-state index in [0.29, 0.717) is 22.4 Å². The zero-order valence-corrected chi connectivity index (χ0v) is 18.3. The molecule has 1 atom stereocenters. The van der Waals surface area contributed by atoms with Gasteiger partial charge >= 0.3 is 0 Å². The van der Waals surface area contributed by atoms with Gasteiger partial charge in [-0.25, -0.2) is 10.4 Å². The molecule has 0 spiro atoms. The molecule has 0 fully saturated rings. The van der Waals surface area contributed by atoms with Crippen molar-refractivity contribution < 1.29 is 4.79 Å². The van der Waals surface area contributed by atoms with E-state index in [0.717, 1.165) is 28.8 Å². The third kappa shape index (κ3) is 4.58. The van der Waals surface area contributed by atoms with Gasteiger partial charge in [0, 0.05) is 27.7 Å². The molecule has 2 aliphatic rings. The third-order valence-electron chi connectivity index (χ3n) is 5.16. The van der Waals surface area contributed by atoms with Crippen LogP contribution >= 0.6 is 23.2 Å². The van der Waals surface area contributed by atoms with E-state index in [2.05, 4.69) is 29.7 Å². The number of hydrazone groups is 1. The first kappa shape index (κ1) is 20.6. The van der Waals surface area contributed by atoms with Gasteiger partial charge in [0.15, 0.2) is 5.78 Å². The molecule has 2 N–H and O–H groups in total. The second-order valence-corrected chi connectivity index (χ2v) is 9.18. The molecular weight excluding hydrogens is 419 g/mol. The summed E-state index contributed by atoms with van der Waals surface area (Å²) in [5, 5.41) is 8.90. The largest absolute Gasteiger partial charge is 0.328 e. The van der Waals surface area contributed by atoms with E-state index >= 15 is 0 Å². The fourth-order valence-electron chi connectivity index (χ4n) is 3.79. The monoisotopic (exact) mass is 440 g/mol. The number of hydrogen-bond donors (Lipinski definition) is 2. The first-order chi connectivity index (χ1) is 14.3. The van der Waals surface area contributed by atoms with E-state index in [1.54, 1.807) is 6.21 Å². The molecule has 1 heterocycles. The third-order valence-corrected chi connectivity index (χ3v) is 5.66. The Kier molecular flexibility index (Phi) is 5.67. The van der Waals surface area contributed by atoms with Gasteiger partial charge in [0.1, 0.15) is 6.04 Å². The number of nitrogens with zero attached hydrogens (tertiary/aromatic N) is 2. The number of allylic oxidation sites excluding steroid dienone is 1. The Labute approximate surface area is 185 Å². The summed E-state index contributed by atoms with van der Waals surface area (Å²) in [5.74, 6) is 0.630. The van der Waals surface area contributed by atoms with Crippen LogP contribution in [0.15, 0.2) is 69.9 Å². The van der Waals surface area contributed by atoms with Crippen molar-refractivity contribution >= 4 is 41.2 Å². The predicted molar refractivity (Wildman–Crippen MR) is 122 cm³/mol. The van der Waals surface area contributed by atoms with Crippen molar-refractivity contribution in [3.8, 4) is 0 Å². The lowest BCUT2D eigenvalue weighted by Crippen LogP contribution is -2.43. The summed E-state index contributed by atoms with van der Waals surface area (Å²) in [4.78, 5) is 17.7. The van der Waals surface area contributed by atoms with Crippen molar-refractivity contribution in [1.82, 2.24) is 10.7 Å². The van der Waals surface area contributed by atoms with Crippen LogP contribution in [0.3, 0.4) is 0 Å². The number of halogens is 2. The van der Waals surface area contributed by atoms with Crippen molar-refractivity contribution in [3.63, 3.8) is 0 Å². The lowest BCUT2D eigenvalue weighted by molar-refractivity contribution is -0.118. The van der Waals surface area contributed by atoms with Crippen LogP contribution in [-0.4, -0.2) is 18.0 Å². The maximum absolute atomic E-state index is 13.0. The van der Waals surface area contributed by atoms with E-state index in [-0.39, 0.29) is 11.2 Å². The van der Waals surface area contributed by atoms with Gasteiger partial charge < -0.3 is 5.32 Å². The molecule has 30 heavy (non-hydrogen) atoms. The highest BCUT2D eigenvalue weighted by Gasteiger charge is 2.39. The normalized spacial score (nSPS) is 20.6. The number of ketones is 1. The van der Waals surface area contributed by atoms with Crippen molar-refractivity contribution in [2.45, 2.75) is 32.7 Å². The Bertz CT molecular complexity index is 1050. The average Bonchev–Trinajstić information content (AvgIpc) is 2.68. The predicted octanol–water partition coefficient (Wildman–Crippen LogP) is 5.26. The smallest absolute Gasteiger partial charge is 0.217 e. The number of benzene rings is 2. The van der Waals surface area contributed by atoms with Crippen LogP contribution in [-0.2, 0) is 4.79 Å². The maximum Gasteiger partial charge on any atom is 0.217 e. The van der Waals surface area contributed by atoms with E-state index in [4.69, 9.17) is 28.2 Å². The minimum Gasteiger partial charge on any atom is -0.328 e. The fraction of sp³-hybridized carbons (Fsp3) is 0.261. The summed E-state index contributed by atoms with van der Waals surface area (Å²) >= 11 is 12.0. The van der Waals surface area contributed by atoms with Gasteiger partial charge in [-0.15, -0.1) is 0 Å². The maximum atomic E-state index is 13.0. The summed E-state index contributed by atoms with van der Waals surface area (Å²) in [6.45, 7) is 4.20. The summed E-state index contributed by atoms with van der Waals surface area (Å²) in [7, 11) is 0. The first-order valence-corrected chi connectivity index (χ1v) is 10.5. The molecule has 0 saturated carbocycles. The van der Waals surface area contributed by atoms with Gasteiger partial charge in [0.05, 0.1) is 6.21 Å². The van der Waals surface area contributed by atoms with Gasteiger partial charge in [-0.3, -0.25) is 4.79 Å². The van der Waals surface area contributed by atoms with Crippen LogP contribution in [0.1, 0.15) is 43.9 Å². The number of nitrogens with one attached hydrogen (secondary N) is 2. The van der Waals surface area contributed by atoms with Crippen LogP contribution in [0.2, 0.25) is 10.0 Å². The van der Waals surface area contributed by atoms with Gasteiger partial charge in [-0.2, -0.15) is 5.10 Å². The Morgan fingerprint density at radius 1 is 1.07 bits per heavy atom. The van der Waals surface area contributed by atoms with E-state index in [9.17, 15) is 4.79 Å². The average molecular weight is 441 g/mol. The van der Waals surface area contributed by atoms with Gasteiger partial charge in [0.2, 0.25) is 5.96 Å². The standard InChI is InChI=1S/C23H22Cl2N4O/c1-23(2)11-18-20(19(30)12-23)21(15-5-9-17(25)10-6-15)28-22(27-18)29-26-13-14-3-7-16(24)8-4-14/h3-10,13,21H,11-12H2,1-2H3,(H2,27,28,29)/b26-13+. The minimum atomic E-state index is -0.393.